The first-order chi connectivity index (χ1) is 16.7. The molecule has 188 valence electrons. The number of piperidine rings is 1. The van der Waals surface area contributed by atoms with Crippen LogP contribution in [0.15, 0.2) is 34.2 Å². The first-order valence-electron chi connectivity index (χ1n) is 11.8. The van der Waals surface area contributed by atoms with Crippen LogP contribution in [0.4, 0.5) is 17.6 Å². The Kier molecular flexibility index (Phi) is 6.65. The van der Waals surface area contributed by atoms with Gasteiger partial charge >= 0.3 is 6.18 Å². The third-order valence-electron chi connectivity index (χ3n) is 7.23. The van der Waals surface area contributed by atoms with E-state index in [2.05, 4.69) is 20.1 Å². The second-order valence-corrected chi connectivity index (χ2v) is 10.4. The van der Waals surface area contributed by atoms with Crippen LogP contribution in [0.2, 0.25) is 0 Å². The van der Waals surface area contributed by atoms with Gasteiger partial charge in [0, 0.05) is 24.9 Å². The van der Waals surface area contributed by atoms with Gasteiger partial charge in [0.05, 0.1) is 11.3 Å². The minimum Gasteiger partial charge on any atom is -0.440 e. The lowest BCUT2D eigenvalue weighted by Crippen LogP contribution is -2.43. The molecule has 0 saturated carbocycles. The number of aryl methyl sites for hydroxylation is 1. The van der Waals surface area contributed by atoms with Crippen LogP contribution >= 0.6 is 11.8 Å². The highest BCUT2D eigenvalue weighted by molar-refractivity contribution is 7.99. The summed E-state index contributed by atoms with van der Waals surface area (Å²) in [6.07, 6.45) is 1.53. The molecule has 4 heterocycles. The van der Waals surface area contributed by atoms with Gasteiger partial charge in [-0.25, -0.2) is 9.37 Å². The second kappa shape index (κ2) is 9.57. The summed E-state index contributed by atoms with van der Waals surface area (Å²) in [5, 5.41) is 9.34. The van der Waals surface area contributed by atoms with E-state index >= 15 is 0 Å². The molecule has 0 aliphatic carbocycles. The highest BCUT2D eigenvalue weighted by Gasteiger charge is 2.41. The Labute approximate surface area is 205 Å². The molecule has 6 nitrogen and oxygen atoms in total. The Morgan fingerprint density at radius 3 is 2.51 bits per heavy atom. The molecule has 3 atom stereocenters. The topological polar surface area (TPSA) is 60.0 Å². The first-order valence-corrected chi connectivity index (χ1v) is 12.8. The number of oxazole rings is 1. The van der Waals surface area contributed by atoms with Crippen molar-refractivity contribution in [1.29, 1.82) is 0 Å². The normalized spacial score (nSPS) is 22.7. The average Bonchev–Trinajstić information content (AvgIpc) is 3.45. The minimum absolute atomic E-state index is 0.0305. The van der Waals surface area contributed by atoms with Gasteiger partial charge in [-0.15, -0.1) is 10.2 Å². The lowest BCUT2D eigenvalue weighted by molar-refractivity contribution is -0.137. The van der Waals surface area contributed by atoms with E-state index in [1.807, 2.05) is 18.5 Å². The number of hydrogen-bond acceptors (Lipinski definition) is 6. The summed E-state index contributed by atoms with van der Waals surface area (Å²) >= 11 is 1.64. The van der Waals surface area contributed by atoms with Crippen molar-refractivity contribution in [2.24, 2.45) is 7.05 Å². The molecule has 11 heteroatoms. The molecule has 2 aliphatic heterocycles. The summed E-state index contributed by atoms with van der Waals surface area (Å²) in [5.41, 5.74) is 0.264. The number of fused-ring (bicyclic) bond motifs is 2. The molecule has 0 amide bonds. The molecule has 1 unspecified atom stereocenters. The number of halogens is 4. The smallest absolute Gasteiger partial charge is 0.416 e. The van der Waals surface area contributed by atoms with Crippen molar-refractivity contribution in [3.8, 4) is 11.6 Å². The largest absolute Gasteiger partial charge is 0.440 e. The van der Waals surface area contributed by atoms with Crippen molar-refractivity contribution in [1.82, 2.24) is 24.6 Å². The number of aromatic nitrogens is 4. The zero-order valence-electron chi connectivity index (χ0n) is 19.6. The number of thioether (sulfide) groups is 1. The van der Waals surface area contributed by atoms with E-state index < -0.39 is 17.6 Å². The van der Waals surface area contributed by atoms with E-state index in [0.717, 1.165) is 61.3 Å². The highest BCUT2D eigenvalue weighted by atomic mass is 32.2. The lowest BCUT2D eigenvalue weighted by Gasteiger charge is -2.39. The Morgan fingerprint density at radius 2 is 1.89 bits per heavy atom. The lowest BCUT2D eigenvalue weighted by atomic mass is 9.84. The zero-order chi connectivity index (χ0) is 24.7. The van der Waals surface area contributed by atoms with E-state index in [9.17, 15) is 17.6 Å². The summed E-state index contributed by atoms with van der Waals surface area (Å²) < 4.78 is 60.6. The molecule has 5 rings (SSSR count). The Morgan fingerprint density at radius 1 is 1.14 bits per heavy atom. The number of rotatable bonds is 7. The Balaban J connectivity index is 1.15. The summed E-state index contributed by atoms with van der Waals surface area (Å²) in [6.45, 7) is 2.81. The van der Waals surface area contributed by atoms with Gasteiger partial charge < -0.3 is 8.98 Å². The maximum Gasteiger partial charge on any atom is 0.416 e. The molecule has 1 aromatic carbocycles. The molecule has 0 spiro atoms. The van der Waals surface area contributed by atoms with Crippen molar-refractivity contribution >= 4 is 11.8 Å². The van der Waals surface area contributed by atoms with E-state index in [4.69, 9.17) is 4.42 Å². The summed E-state index contributed by atoms with van der Waals surface area (Å²) in [6, 6.07) is 3.68. The quantitative estimate of drug-likeness (QED) is 0.227. The van der Waals surface area contributed by atoms with Crippen LogP contribution in [0.5, 0.6) is 0 Å². The molecule has 35 heavy (non-hydrogen) atoms. The molecule has 2 aromatic heterocycles. The predicted molar refractivity (Wildman–Crippen MR) is 123 cm³/mol. The highest BCUT2D eigenvalue weighted by Crippen LogP contribution is 2.44. The number of benzene rings is 1. The van der Waals surface area contributed by atoms with Crippen molar-refractivity contribution in [3.05, 3.63) is 47.2 Å². The van der Waals surface area contributed by atoms with Gasteiger partial charge in [-0.05, 0) is 69.2 Å². The molecular formula is C24H27F4N5OS. The molecule has 0 radical (unpaired) electrons. The maximum absolute atomic E-state index is 14.6. The second-order valence-electron chi connectivity index (χ2n) is 9.36. The number of nitrogens with zero attached hydrogens (tertiary/aromatic N) is 5. The predicted octanol–water partition coefficient (Wildman–Crippen LogP) is 5.83. The molecule has 2 bridgehead atoms. The molecule has 3 aromatic rings. The fourth-order valence-corrected chi connectivity index (χ4v) is 6.33. The van der Waals surface area contributed by atoms with Gasteiger partial charge in [0.25, 0.3) is 0 Å². The van der Waals surface area contributed by atoms with E-state index in [-0.39, 0.29) is 5.92 Å². The summed E-state index contributed by atoms with van der Waals surface area (Å²) in [7, 11) is 1.91. The maximum atomic E-state index is 14.6. The SMILES string of the molecule is Cc1ncoc1-c1nnc(SCCCN2[C@@H]3CC[C@H]2CC(c2ccc(C(F)(F)F)cc2F)C3)n1C. The monoisotopic (exact) mass is 509 g/mol. The molecule has 2 fully saturated rings. The van der Waals surface area contributed by atoms with Crippen LogP contribution in [-0.4, -0.2) is 49.0 Å². The van der Waals surface area contributed by atoms with Gasteiger partial charge in [-0.1, -0.05) is 17.8 Å². The Hall–Kier alpha value is -2.40. The molecule has 0 N–H and O–H groups in total. The van der Waals surface area contributed by atoms with Crippen molar-refractivity contribution in [3.63, 3.8) is 0 Å². The third kappa shape index (κ3) is 4.84. The summed E-state index contributed by atoms with van der Waals surface area (Å²) in [4.78, 5) is 6.62. The summed E-state index contributed by atoms with van der Waals surface area (Å²) in [5.74, 6) is 1.39. The van der Waals surface area contributed by atoms with Crippen molar-refractivity contribution in [2.75, 3.05) is 12.3 Å². The van der Waals surface area contributed by atoms with Gasteiger partial charge in [0.1, 0.15) is 5.82 Å². The van der Waals surface area contributed by atoms with Crippen LogP contribution in [-0.2, 0) is 13.2 Å². The van der Waals surface area contributed by atoms with Crippen LogP contribution in [0, 0.1) is 12.7 Å². The van der Waals surface area contributed by atoms with Gasteiger partial charge in [0.15, 0.2) is 17.3 Å². The van der Waals surface area contributed by atoms with Gasteiger partial charge in [-0.2, -0.15) is 13.2 Å². The molecule has 2 saturated heterocycles. The third-order valence-corrected chi connectivity index (χ3v) is 8.33. The van der Waals surface area contributed by atoms with E-state index in [1.165, 1.54) is 12.5 Å². The van der Waals surface area contributed by atoms with Gasteiger partial charge in [0.2, 0.25) is 5.82 Å². The van der Waals surface area contributed by atoms with Crippen LogP contribution in [0.3, 0.4) is 0 Å². The molecular weight excluding hydrogens is 482 g/mol. The number of hydrogen-bond donors (Lipinski definition) is 0. The van der Waals surface area contributed by atoms with Crippen molar-refractivity contribution < 1.29 is 22.0 Å². The fourth-order valence-electron chi connectivity index (χ4n) is 5.49. The first kappa shape index (κ1) is 24.3. The minimum atomic E-state index is -4.53. The zero-order valence-corrected chi connectivity index (χ0v) is 20.4. The van der Waals surface area contributed by atoms with Crippen LogP contribution < -0.4 is 0 Å². The van der Waals surface area contributed by atoms with Gasteiger partial charge in [-0.3, -0.25) is 4.90 Å². The standard InChI is InChI=1S/C24H27F4N5OS/c1-14-21(34-13-29-14)22-30-31-23(32(22)2)35-9-3-8-33-17-5-6-18(33)11-15(10-17)19-7-4-16(12-20(19)25)24(26,27)28/h4,7,12-13,15,17-18H,3,5-6,8-11H2,1-2H3/t15?,17-,18+. The fraction of sp³-hybridized carbons (Fsp3) is 0.542. The van der Waals surface area contributed by atoms with E-state index in [0.29, 0.717) is 35.3 Å². The Bertz CT molecular complexity index is 1180. The number of alkyl halides is 3. The van der Waals surface area contributed by atoms with Crippen LogP contribution in [0.25, 0.3) is 11.6 Å². The van der Waals surface area contributed by atoms with Crippen LogP contribution in [0.1, 0.15) is 54.8 Å². The van der Waals surface area contributed by atoms with Crippen molar-refractivity contribution in [2.45, 2.75) is 68.4 Å². The van der Waals surface area contributed by atoms with E-state index in [1.54, 1.807) is 11.8 Å². The average molecular weight is 510 g/mol. The molecule has 2 aliphatic rings.